The second kappa shape index (κ2) is 8.13. The molecule has 2 aliphatic heterocycles. The summed E-state index contributed by atoms with van der Waals surface area (Å²) in [4.78, 5) is 14.6. The van der Waals surface area contributed by atoms with Gasteiger partial charge in [-0.25, -0.2) is 0 Å². The molecule has 126 valence electrons. The molecule has 1 amide bonds. The van der Waals surface area contributed by atoms with Gasteiger partial charge in [0.25, 0.3) is 0 Å². The number of carbonyl (C=O) groups is 1. The number of rotatable bonds is 5. The Morgan fingerprint density at radius 2 is 2.04 bits per heavy atom. The van der Waals surface area contributed by atoms with Gasteiger partial charge in [0.1, 0.15) is 0 Å². The number of hydrogen-bond acceptors (Lipinski definition) is 3. The number of halogens is 1. The number of hydrogen-bond donors (Lipinski definition) is 1. The van der Waals surface area contributed by atoms with Crippen molar-refractivity contribution in [3.05, 3.63) is 34.9 Å². The zero-order valence-corrected chi connectivity index (χ0v) is 14.2. The van der Waals surface area contributed by atoms with Gasteiger partial charge in [0, 0.05) is 30.6 Å². The Morgan fingerprint density at radius 3 is 2.74 bits per heavy atom. The fourth-order valence-corrected chi connectivity index (χ4v) is 3.58. The second-order valence-corrected chi connectivity index (χ2v) is 6.93. The summed E-state index contributed by atoms with van der Waals surface area (Å²) in [5.41, 5.74) is 1.16. The van der Waals surface area contributed by atoms with Crippen LogP contribution in [0.5, 0.6) is 0 Å². The Bertz CT molecular complexity index is 524. The van der Waals surface area contributed by atoms with Crippen LogP contribution in [-0.4, -0.2) is 43.2 Å². The van der Waals surface area contributed by atoms with Crippen LogP contribution in [0.4, 0.5) is 0 Å². The van der Waals surface area contributed by atoms with E-state index in [1.165, 1.54) is 0 Å². The SMILES string of the molecule is O=C(NC[C@@H]1CCCO1)C1CCN(Cc2ccccc2Cl)CC1. The summed E-state index contributed by atoms with van der Waals surface area (Å²) in [6, 6.07) is 7.98. The molecule has 0 radical (unpaired) electrons. The maximum atomic E-state index is 12.3. The van der Waals surface area contributed by atoms with Crippen molar-refractivity contribution in [1.29, 1.82) is 0 Å². The Balaban J connectivity index is 1.41. The van der Waals surface area contributed by atoms with Gasteiger partial charge in [-0.05, 0) is 50.4 Å². The smallest absolute Gasteiger partial charge is 0.223 e. The summed E-state index contributed by atoms with van der Waals surface area (Å²) in [7, 11) is 0. The first-order valence-electron chi connectivity index (χ1n) is 8.57. The maximum absolute atomic E-state index is 12.3. The third kappa shape index (κ3) is 4.69. The number of nitrogens with one attached hydrogen (secondary N) is 1. The van der Waals surface area contributed by atoms with E-state index in [0.717, 1.165) is 62.5 Å². The van der Waals surface area contributed by atoms with E-state index in [9.17, 15) is 4.79 Å². The normalized spacial score (nSPS) is 23.1. The van der Waals surface area contributed by atoms with E-state index in [0.29, 0.717) is 6.54 Å². The molecule has 0 bridgehead atoms. The predicted molar refractivity (Wildman–Crippen MR) is 91.4 cm³/mol. The van der Waals surface area contributed by atoms with Gasteiger partial charge in [-0.2, -0.15) is 0 Å². The lowest BCUT2D eigenvalue weighted by atomic mass is 9.95. The van der Waals surface area contributed by atoms with E-state index in [4.69, 9.17) is 16.3 Å². The average molecular weight is 337 g/mol. The minimum Gasteiger partial charge on any atom is -0.376 e. The molecule has 1 aromatic rings. The fraction of sp³-hybridized carbons (Fsp3) is 0.611. The highest BCUT2D eigenvalue weighted by atomic mass is 35.5. The van der Waals surface area contributed by atoms with Crippen LogP contribution < -0.4 is 5.32 Å². The van der Waals surface area contributed by atoms with Crippen LogP contribution in [0, 0.1) is 5.92 Å². The second-order valence-electron chi connectivity index (χ2n) is 6.52. The van der Waals surface area contributed by atoms with Gasteiger partial charge in [-0.15, -0.1) is 0 Å². The largest absolute Gasteiger partial charge is 0.376 e. The number of likely N-dealkylation sites (tertiary alicyclic amines) is 1. The van der Waals surface area contributed by atoms with Gasteiger partial charge in [0.05, 0.1) is 6.10 Å². The third-order valence-electron chi connectivity index (χ3n) is 4.84. The minimum atomic E-state index is 0.138. The van der Waals surface area contributed by atoms with E-state index < -0.39 is 0 Å². The standard InChI is InChI=1S/C18H25ClN2O2/c19-17-6-2-1-4-15(17)13-21-9-7-14(8-10-21)18(22)20-12-16-5-3-11-23-16/h1-2,4,6,14,16H,3,5,7-13H2,(H,20,22)/t16-/m0/s1. The van der Waals surface area contributed by atoms with Crippen LogP contribution in [0.15, 0.2) is 24.3 Å². The molecule has 0 spiro atoms. The Hall–Kier alpha value is -1.10. The maximum Gasteiger partial charge on any atom is 0.223 e. The molecule has 0 aromatic heterocycles. The van der Waals surface area contributed by atoms with Crippen molar-refractivity contribution in [2.24, 2.45) is 5.92 Å². The number of carbonyl (C=O) groups excluding carboxylic acids is 1. The zero-order chi connectivity index (χ0) is 16.1. The van der Waals surface area contributed by atoms with E-state index in [1.54, 1.807) is 0 Å². The first-order chi connectivity index (χ1) is 11.2. The Labute approximate surface area is 143 Å². The summed E-state index contributed by atoms with van der Waals surface area (Å²) in [5.74, 6) is 0.330. The van der Waals surface area contributed by atoms with Crippen LogP contribution >= 0.6 is 11.6 Å². The lowest BCUT2D eigenvalue weighted by Gasteiger charge is -2.31. The average Bonchev–Trinajstić information content (AvgIpc) is 3.09. The summed E-state index contributed by atoms with van der Waals surface area (Å²) < 4.78 is 5.55. The van der Waals surface area contributed by atoms with Crippen LogP contribution in [0.2, 0.25) is 5.02 Å². The minimum absolute atomic E-state index is 0.138. The van der Waals surface area contributed by atoms with Gasteiger partial charge in [-0.3, -0.25) is 9.69 Å². The molecule has 23 heavy (non-hydrogen) atoms. The molecule has 2 saturated heterocycles. The highest BCUT2D eigenvalue weighted by Gasteiger charge is 2.26. The van der Waals surface area contributed by atoms with Gasteiger partial charge in [0.15, 0.2) is 0 Å². The number of piperidine rings is 1. The molecule has 0 unspecified atom stereocenters. The lowest BCUT2D eigenvalue weighted by Crippen LogP contribution is -2.42. The first kappa shape index (κ1) is 16.7. The van der Waals surface area contributed by atoms with Gasteiger partial charge >= 0.3 is 0 Å². The first-order valence-corrected chi connectivity index (χ1v) is 8.95. The van der Waals surface area contributed by atoms with Gasteiger partial charge in [0.2, 0.25) is 5.91 Å². The molecule has 5 heteroatoms. The van der Waals surface area contributed by atoms with Crippen LogP contribution in [0.1, 0.15) is 31.2 Å². The van der Waals surface area contributed by atoms with Crippen molar-refractivity contribution >= 4 is 17.5 Å². The van der Waals surface area contributed by atoms with Crippen molar-refractivity contribution in [2.75, 3.05) is 26.2 Å². The Kier molecular flexibility index (Phi) is 5.92. The zero-order valence-electron chi connectivity index (χ0n) is 13.5. The monoisotopic (exact) mass is 336 g/mol. The van der Waals surface area contributed by atoms with E-state index in [1.807, 2.05) is 18.2 Å². The quantitative estimate of drug-likeness (QED) is 0.899. The van der Waals surface area contributed by atoms with Crippen molar-refractivity contribution in [2.45, 2.75) is 38.3 Å². The van der Waals surface area contributed by atoms with Gasteiger partial charge < -0.3 is 10.1 Å². The van der Waals surface area contributed by atoms with Crippen LogP contribution in [-0.2, 0) is 16.1 Å². The van der Waals surface area contributed by atoms with Crippen molar-refractivity contribution in [3.8, 4) is 0 Å². The van der Waals surface area contributed by atoms with Crippen LogP contribution in [0.25, 0.3) is 0 Å². The molecule has 2 fully saturated rings. The number of benzene rings is 1. The van der Waals surface area contributed by atoms with Gasteiger partial charge in [-0.1, -0.05) is 29.8 Å². The number of nitrogens with zero attached hydrogens (tertiary/aromatic N) is 1. The molecule has 3 rings (SSSR count). The topological polar surface area (TPSA) is 41.6 Å². The van der Waals surface area contributed by atoms with Crippen molar-refractivity contribution < 1.29 is 9.53 Å². The van der Waals surface area contributed by atoms with E-state index >= 15 is 0 Å². The van der Waals surface area contributed by atoms with Crippen molar-refractivity contribution in [1.82, 2.24) is 10.2 Å². The molecule has 2 aliphatic rings. The molecule has 0 saturated carbocycles. The van der Waals surface area contributed by atoms with E-state index in [2.05, 4.69) is 16.3 Å². The van der Waals surface area contributed by atoms with Crippen LogP contribution in [0.3, 0.4) is 0 Å². The highest BCUT2D eigenvalue weighted by Crippen LogP contribution is 2.22. The number of ether oxygens (including phenoxy) is 1. The summed E-state index contributed by atoms with van der Waals surface area (Å²) in [5, 5.41) is 3.89. The summed E-state index contributed by atoms with van der Waals surface area (Å²) >= 11 is 6.22. The highest BCUT2D eigenvalue weighted by molar-refractivity contribution is 6.31. The molecular formula is C18H25ClN2O2. The molecule has 1 N–H and O–H groups in total. The lowest BCUT2D eigenvalue weighted by molar-refractivity contribution is -0.127. The molecule has 1 aromatic carbocycles. The molecular weight excluding hydrogens is 312 g/mol. The predicted octanol–water partition coefficient (Wildman–Crippen LogP) is 2.85. The fourth-order valence-electron chi connectivity index (χ4n) is 3.38. The third-order valence-corrected chi connectivity index (χ3v) is 5.21. The molecule has 2 heterocycles. The Morgan fingerprint density at radius 1 is 1.26 bits per heavy atom. The summed E-state index contributed by atoms with van der Waals surface area (Å²) in [6.45, 7) is 4.26. The molecule has 0 aliphatic carbocycles. The molecule has 1 atom stereocenters. The molecule has 4 nitrogen and oxygen atoms in total. The van der Waals surface area contributed by atoms with E-state index in [-0.39, 0.29) is 17.9 Å². The van der Waals surface area contributed by atoms with Crippen molar-refractivity contribution in [3.63, 3.8) is 0 Å². The number of amides is 1. The summed E-state index contributed by atoms with van der Waals surface area (Å²) in [6.07, 6.45) is 4.24.